The van der Waals surface area contributed by atoms with Gasteiger partial charge in [0.15, 0.2) is 0 Å². The van der Waals surface area contributed by atoms with Crippen LogP contribution in [-0.2, 0) is 4.79 Å². The second-order valence-corrected chi connectivity index (χ2v) is 4.80. The molecule has 0 aliphatic carbocycles. The van der Waals surface area contributed by atoms with Gasteiger partial charge in [0.25, 0.3) is 0 Å². The molecule has 92 valence electrons. The number of carboxylic acid groups (broad SMARTS) is 1. The zero-order valence-electron chi connectivity index (χ0n) is 10.3. The van der Waals surface area contributed by atoms with Crippen LogP contribution in [0.4, 0.5) is 4.79 Å². The van der Waals surface area contributed by atoms with Crippen LogP contribution < -0.4 is 0 Å². The van der Waals surface area contributed by atoms with Gasteiger partial charge in [0.05, 0.1) is 12.5 Å². The lowest BCUT2D eigenvalue weighted by Crippen LogP contribution is -2.37. The van der Waals surface area contributed by atoms with Gasteiger partial charge < -0.3 is 14.9 Å². The van der Waals surface area contributed by atoms with Crippen LogP contribution in [0.5, 0.6) is 0 Å². The van der Waals surface area contributed by atoms with Crippen LogP contribution in [0.15, 0.2) is 0 Å². The number of hydrogen-bond donors (Lipinski definition) is 1. The molecular weight excluding hydrogens is 208 g/mol. The molecule has 2 atom stereocenters. The molecule has 0 aromatic rings. The van der Waals surface area contributed by atoms with Crippen molar-refractivity contribution >= 4 is 12.0 Å². The maximum absolute atomic E-state index is 11.9. The first-order valence-corrected chi connectivity index (χ1v) is 5.59. The van der Waals surface area contributed by atoms with Crippen molar-refractivity contribution in [3.05, 3.63) is 0 Å². The summed E-state index contributed by atoms with van der Waals surface area (Å²) in [6, 6.07) is -0.118. The number of carboxylic acids is 1. The predicted molar refractivity (Wildman–Crippen MR) is 60.2 cm³/mol. The largest absolute Gasteiger partial charge is 0.481 e. The Labute approximate surface area is 96.0 Å². The van der Waals surface area contributed by atoms with E-state index in [0.29, 0.717) is 12.5 Å². The van der Waals surface area contributed by atoms with E-state index in [-0.39, 0.29) is 24.5 Å². The van der Waals surface area contributed by atoms with Gasteiger partial charge in [-0.2, -0.15) is 0 Å². The van der Waals surface area contributed by atoms with Gasteiger partial charge in [-0.25, -0.2) is 4.79 Å². The molecule has 0 aromatic heterocycles. The van der Waals surface area contributed by atoms with Crippen LogP contribution >= 0.6 is 0 Å². The molecule has 1 aliphatic rings. The van der Waals surface area contributed by atoms with Crippen molar-refractivity contribution in [2.24, 2.45) is 5.92 Å². The first kappa shape index (κ1) is 12.8. The Hall–Kier alpha value is -1.26. The molecule has 5 heteroatoms. The fraction of sp³-hybridized carbons (Fsp3) is 0.818. The summed E-state index contributed by atoms with van der Waals surface area (Å²) < 4.78 is 0. The van der Waals surface area contributed by atoms with Crippen molar-refractivity contribution in [2.75, 3.05) is 13.6 Å². The Morgan fingerprint density at radius 3 is 2.44 bits per heavy atom. The summed E-state index contributed by atoms with van der Waals surface area (Å²) in [5.41, 5.74) is 0. The van der Waals surface area contributed by atoms with Gasteiger partial charge in [-0.1, -0.05) is 13.8 Å². The Kier molecular flexibility index (Phi) is 3.78. The van der Waals surface area contributed by atoms with Crippen molar-refractivity contribution in [3.63, 3.8) is 0 Å². The molecule has 2 amide bonds. The van der Waals surface area contributed by atoms with Gasteiger partial charge >= 0.3 is 12.0 Å². The van der Waals surface area contributed by atoms with Crippen LogP contribution in [0.25, 0.3) is 0 Å². The predicted octanol–water partition coefficient (Wildman–Crippen LogP) is 1.24. The quantitative estimate of drug-likeness (QED) is 0.787. The van der Waals surface area contributed by atoms with Gasteiger partial charge in [0.1, 0.15) is 0 Å². The Balaban J connectivity index is 2.70. The fourth-order valence-electron chi connectivity index (χ4n) is 2.14. The van der Waals surface area contributed by atoms with E-state index in [9.17, 15) is 9.59 Å². The topological polar surface area (TPSA) is 60.9 Å². The van der Waals surface area contributed by atoms with Crippen LogP contribution in [0, 0.1) is 5.92 Å². The van der Waals surface area contributed by atoms with Crippen LogP contribution in [0.1, 0.15) is 27.2 Å². The number of amides is 2. The molecule has 1 N–H and O–H groups in total. The monoisotopic (exact) mass is 228 g/mol. The average Bonchev–Trinajstić information content (AvgIpc) is 2.43. The Morgan fingerprint density at radius 1 is 1.50 bits per heavy atom. The molecule has 1 heterocycles. The maximum Gasteiger partial charge on any atom is 0.320 e. The summed E-state index contributed by atoms with van der Waals surface area (Å²) in [5.74, 6) is -0.480. The fourth-order valence-corrected chi connectivity index (χ4v) is 2.14. The Morgan fingerprint density at radius 2 is 2.06 bits per heavy atom. The van der Waals surface area contributed by atoms with E-state index in [0.717, 1.165) is 0 Å². The number of aliphatic carboxylic acids is 1. The number of likely N-dealkylation sites (N-methyl/N-ethyl adjacent to an activating group) is 1. The van der Waals surface area contributed by atoms with Crippen LogP contribution in [-0.4, -0.2) is 52.6 Å². The highest BCUT2D eigenvalue weighted by Gasteiger charge is 2.38. The summed E-state index contributed by atoms with van der Waals surface area (Å²) in [6.07, 6.45) is 0.00436. The number of urea groups is 1. The lowest BCUT2D eigenvalue weighted by molar-refractivity contribution is -0.137. The van der Waals surface area contributed by atoms with Crippen molar-refractivity contribution in [3.8, 4) is 0 Å². The lowest BCUT2D eigenvalue weighted by atomic mass is 10.0. The second kappa shape index (κ2) is 4.72. The summed E-state index contributed by atoms with van der Waals surface area (Å²) in [5, 5.41) is 8.72. The van der Waals surface area contributed by atoms with E-state index < -0.39 is 5.97 Å². The van der Waals surface area contributed by atoms with Crippen LogP contribution in [0.3, 0.4) is 0 Å². The minimum atomic E-state index is -0.865. The highest BCUT2D eigenvalue weighted by molar-refractivity contribution is 5.78. The first-order valence-electron chi connectivity index (χ1n) is 5.59. The molecule has 0 saturated carbocycles. The number of carbonyl (C=O) groups excluding carboxylic acids is 1. The summed E-state index contributed by atoms with van der Waals surface area (Å²) >= 11 is 0. The highest BCUT2D eigenvalue weighted by Crippen LogP contribution is 2.23. The van der Waals surface area contributed by atoms with E-state index in [4.69, 9.17) is 5.11 Å². The SMILES string of the molecule is CC(C)C1CN(C(C)CC(=O)O)C(=O)N1C. The molecule has 16 heavy (non-hydrogen) atoms. The molecule has 0 spiro atoms. The smallest absolute Gasteiger partial charge is 0.320 e. The molecule has 1 fully saturated rings. The van der Waals surface area contributed by atoms with E-state index >= 15 is 0 Å². The lowest BCUT2D eigenvalue weighted by Gasteiger charge is -2.22. The molecule has 0 bridgehead atoms. The highest BCUT2D eigenvalue weighted by atomic mass is 16.4. The molecule has 2 unspecified atom stereocenters. The summed E-state index contributed by atoms with van der Waals surface area (Å²) in [6.45, 7) is 6.55. The maximum atomic E-state index is 11.9. The number of nitrogens with zero attached hydrogens (tertiary/aromatic N) is 2. The molecular formula is C11H20N2O3. The average molecular weight is 228 g/mol. The zero-order valence-corrected chi connectivity index (χ0v) is 10.3. The molecule has 1 rings (SSSR count). The third-order valence-corrected chi connectivity index (χ3v) is 3.20. The van der Waals surface area contributed by atoms with Gasteiger partial charge in [0, 0.05) is 19.6 Å². The minimum Gasteiger partial charge on any atom is -0.481 e. The molecule has 5 nitrogen and oxygen atoms in total. The third kappa shape index (κ3) is 2.46. The zero-order chi connectivity index (χ0) is 12.5. The van der Waals surface area contributed by atoms with E-state index in [1.165, 1.54) is 0 Å². The summed E-state index contributed by atoms with van der Waals surface area (Å²) in [7, 11) is 1.78. The van der Waals surface area contributed by atoms with E-state index in [1.807, 2.05) is 0 Å². The first-order chi connectivity index (χ1) is 7.34. The molecule has 1 aliphatic heterocycles. The van der Waals surface area contributed by atoms with Gasteiger partial charge in [-0.15, -0.1) is 0 Å². The van der Waals surface area contributed by atoms with Crippen molar-refractivity contribution in [1.29, 1.82) is 0 Å². The standard InChI is InChI=1S/C11H20N2O3/c1-7(2)9-6-13(11(16)12(9)4)8(3)5-10(14)15/h7-9H,5-6H2,1-4H3,(H,14,15). The second-order valence-electron chi connectivity index (χ2n) is 4.80. The van der Waals surface area contributed by atoms with Gasteiger partial charge in [0.2, 0.25) is 0 Å². The number of hydrogen-bond acceptors (Lipinski definition) is 2. The number of rotatable bonds is 4. The molecule has 1 saturated heterocycles. The molecule has 0 aromatic carbocycles. The normalized spacial score (nSPS) is 23.1. The van der Waals surface area contributed by atoms with E-state index in [2.05, 4.69) is 13.8 Å². The summed E-state index contributed by atoms with van der Waals surface area (Å²) in [4.78, 5) is 25.9. The van der Waals surface area contributed by atoms with Crippen molar-refractivity contribution < 1.29 is 14.7 Å². The number of carbonyl (C=O) groups is 2. The van der Waals surface area contributed by atoms with E-state index in [1.54, 1.807) is 23.8 Å². The van der Waals surface area contributed by atoms with Crippen molar-refractivity contribution in [1.82, 2.24) is 9.80 Å². The van der Waals surface area contributed by atoms with Gasteiger partial charge in [-0.05, 0) is 12.8 Å². The molecule has 0 radical (unpaired) electrons. The minimum absolute atomic E-state index is 0.00436. The van der Waals surface area contributed by atoms with Crippen molar-refractivity contribution in [2.45, 2.75) is 39.3 Å². The van der Waals surface area contributed by atoms with Gasteiger partial charge in [-0.3, -0.25) is 4.79 Å². The third-order valence-electron chi connectivity index (χ3n) is 3.20. The van der Waals surface area contributed by atoms with Crippen LogP contribution in [0.2, 0.25) is 0 Å². The Bertz CT molecular complexity index is 291.